The van der Waals surface area contributed by atoms with Crippen LogP contribution in [0, 0.1) is 5.41 Å². The van der Waals surface area contributed by atoms with E-state index in [0.717, 1.165) is 25.7 Å². The van der Waals surface area contributed by atoms with Crippen molar-refractivity contribution in [3.05, 3.63) is 0 Å². The second-order valence-electron chi connectivity index (χ2n) is 4.41. The van der Waals surface area contributed by atoms with Crippen molar-refractivity contribution in [1.82, 2.24) is 0 Å². The van der Waals surface area contributed by atoms with E-state index in [2.05, 4.69) is 0 Å². The number of carbonyl (C=O) groups is 1. The zero-order valence-electron chi connectivity index (χ0n) is 8.68. The van der Waals surface area contributed by atoms with E-state index in [-0.39, 0.29) is 11.2 Å². The molecule has 1 atom stereocenters. The molecule has 1 aliphatic rings. The second-order valence-corrected chi connectivity index (χ2v) is 4.41. The standard InChI is InChI=1S/C11H20O2/c1-3-9(12)10(13)11(2)7-5-4-6-8-11/h9,12H,3-8H2,1-2H3. The minimum Gasteiger partial charge on any atom is -0.385 e. The fourth-order valence-corrected chi connectivity index (χ4v) is 2.17. The normalized spacial score (nSPS) is 23.9. The van der Waals surface area contributed by atoms with Gasteiger partial charge in [0.15, 0.2) is 5.78 Å². The molecule has 0 aliphatic heterocycles. The van der Waals surface area contributed by atoms with Gasteiger partial charge in [-0.25, -0.2) is 0 Å². The molecule has 0 saturated heterocycles. The van der Waals surface area contributed by atoms with Crippen molar-refractivity contribution < 1.29 is 9.90 Å². The first-order valence-corrected chi connectivity index (χ1v) is 5.32. The average Bonchev–Trinajstić information content (AvgIpc) is 2.16. The molecule has 1 unspecified atom stereocenters. The number of hydrogen-bond acceptors (Lipinski definition) is 2. The summed E-state index contributed by atoms with van der Waals surface area (Å²) in [7, 11) is 0. The highest BCUT2D eigenvalue weighted by Crippen LogP contribution is 2.37. The van der Waals surface area contributed by atoms with E-state index in [9.17, 15) is 9.90 Å². The Bertz CT molecular complexity index is 181. The van der Waals surface area contributed by atoms with Crippen molar-refractivity contribution >= 4 is 5.78 Å². The van der Waals surface area contributed by atoms with Crippen LogP contribution in [0.15, 0.2) is 0 Å². The Balaban J connectivity index is 2.61. The highest BCUT2D eigenvalue weighted by Gasteiger charge is 2.37. The molecule has 0 aromatic heterocycles. The van der Waals surface area contributed by atoms with Gasteiger partial charge in [0.1, 0.15) is 6.10 Å². The maximum atomic E-state index is 11.8. The predicted molar refractivity (Wildman–Crippen MR) is 52.5 cm³/mol. The van der Waals surface area contributed by atoms with Crippen molar-refractivity contribution in [2.45, 2.75) is 58.5 Å². The monoisotopic (exact) mass is 184 g/mol. The predicted octanol–water partition coefficient (Wildman–Crippen LogP) is 2.30. The first kappa shape index (κ1) is 10.7. The van der Waals surface area contributed by atoms with Crippen molar-refractivity contribution in [2.75, 3.05) is 0 Å². The van der Waals surface area contributed by atoms with Crippen molar-refractivity contribution in [2.24, 2.45) is 5.41 Å². The number of hydrogen-bond donors (Lipinski definition) is 1. The molecule has 2 heteroatoms. The molecule has 76 valence electrons. The van der Waals surface area contributed by atoms with Crippen molar-refractivity contribution in [3.8, 4) is 0 Å². The summed E-state index contributed by atoms with van der Waals surface area (Å²) in [5, 5.41) is 9.49. The van der Waals surface area contributed by atoms with Crippen LogP contribution in [0.4, 0.5) is 0 Å². The molecule has 0 aromatic carbocycles. The number of aliphatic hydroxyl groups excluding tert-OH is 1. The lowest BCUT2D eigenvalue weighted by Crippen LogP contribution is -2.37. The van der Waals surface area contributed by atoms with Gasteiger partial charge in [-0.15, -0.1) is 0 Å². The smallest absolute Gasteiger partial charge is 0.167 e. The maximum Gasteiger partial charge on any atom is 0.167 e. The molecule has 0 radical (unpaired) electrons. The third kappa shape index (κ3) is 2.31. The summed E-state index contributed by atoms with van der Waals surface area (Å²) in [6.07, 6.45) is 5.26. The summed E-state index contributed by atoms with van der Waals surface area (Å²) in [6.45, 7) is 3.86. The molecule has 1 saturated carbocycles. The number of rotatable bonds is 3. The van der Waals surface area contributed by atoms with Crippen LogP contribution < -0.4 is 0 Å². The van der Waals surface area contributed by atoms with Gasteiger partial charge >= 0.3 is 0 Å². The topological polar surface area (TPSA) is 37.3 Å². The van der Waals surface area contributed by atoms with Crippen LogP contribution in [-0.2, 0) is 4.79 Å². The molecule has 1 fully saturated rings. The SMILES string of the molecule is CCC(O)C(=O)C1(C)CCCCC1. The van der Waals surface area contributed by atoms with Crippen LogP contribution in [0.1, 0.15) is 52.4 Å². The Kier molecular flexibility index (Phi) is 3.48. The van der Waals surface area contributed by atoms with Crippen LogP contribution in [0.3, 0.4) is 0 Å². The third-order valence-electron chi connectivity index (χ3n) is 3.24. The van der Waals surface area contributed by atoms with Crippen LogP contribution in [0.25, 0.3) is 0 Å². The molecule has 0 amide bonds. The summed E-state index contributed by atoms with van der Waals surface area (Å²) < 4.78 is 0. The summed E-state index contributed by atoms with van der Waals surface area (Å²) in [5.41, 5.74) is -0.228. The summed E-state index contributed by atoms with van der Waals surface area (Å²) in [5.74, 6) is 0.0645. The molecule has 13 heavy (non-hydrogen) atoms. The van der Waals surface area contributed by atoms with E-state index in [1.165, 1.54) is 6.42 Å². The molecule has 0 aromatic rings. The lowest BCUT2D eigenvalue weighted by molar-refractivity contribution is -0.138. The lowest BCUT2D eigenvalue weighted by Gasteiger charge is -2.33. The Morgan fingerprint density at radius 1 is 1.38 bits per heavy atom. The Labute approximate surface area is 80.3 Å². The van der Waals surface area contributed by atoms with Crippen molar-refractivity contribution in [3.63, 3.8) is 0 Å². The van der Waals surface area contributed by atoms with E-state index in [1.807, 2.05) is 13.8 Å². The minimum absolute atomic E-state index is 0.0645. The first-order valence-electron chi connectivity index (χ1n) is 5.32. The van der Waals surface area contributed by atoms with E-state index >= 15 is 0 Å². The minimum atomic E-state index is -0.733. The van der Waals surface area contributed by atoms with Gasteiger partial charge in [-0.2, -0.15) is 0 Å². The van der Waals surface area contributed by atoms with Crippen LogP contribution in [0.2, 0.25) is 0 Å². The zero-order chi connectivity index (χ0) is 9.90. The third-order valence-corrected chi connectivity index (χ3v) is 3.24. The summed E-state index contributed by atoms with van der Waals surface area (Å²) in [6, 6.07) is 0. The fourth-order valence-electron chi connectivity index (χ4n) is 2.17. The summed E-state index contributed by atoms with van der Waals surface area (Å²) in [4.78, 5) is 11.8. The van der Waals surface area contributed by atoms with E-state index in [1.54, 1.807) is 0 Å². The van der Waals surface area contributed by atoms with E-state index in [4.69, 9.17) is 0 Å². The van der Waals surface area contributed by atoms with Gasteiger partial charge in [0, 0.05) is 5.41 Å². The molecular weight excluding hydrogens is 164 g/mol. The largest absolute Gasteiger partial charge is 0.385 e. The second kappa shape index (κ2) is 4.23. The van der Waals surface area contributed by atoms with Crippen LogP contribution in [-0.4, -0.2) is 17.0 Å². The van der Waals surface area contributed by atoms with E-state index < -0.39 is 6.10 Å². The highest BCUT2D eigenvalue weighted by atomic mass is 16.3. The lowest BCUT2D eigenvalue weighted by atomic mass is 9.71. The number of ketones is 1. The van der Waals surface area contributed by atoms with Gasteiger partial charge in [-0.1, -0.05) is 33.1 Å². The Morgan fingerprint density at radius 3 is 2.38 bits per heavy atom. The first-order chi connectivity index (χ1) is 6.10. The summed E-state index contributed by atoms with van der Waals surface area (Å²) >= 11 is 0. The maximum absolute atomic E-state index is 11.8. The fraction of sp³-hybridized carbons (Fsp3) is 0.909. The highest BCUT2D eigenvalue weighted by molar-refractivity contribution is 5.88. The molecule has 2 nitrogen and oxygen atoms in total. The van der Waals surface area contributed by atoms with Crippen molar-refractivity contribution in [1.29, 1.82) is 0 Å². The number of Topliss-reactive ketones (excluding diaryl/α,β-unsaturated/α-hetero) is 1. The molecule has 1 rings (SSSR count). The number of aliphatic hydroxyl groups is 1. The van der Waals surface area contributed by atoms with Gasteiger partial charge in [0.25, 0.3) is 0 Å². The van der Waals surface area contributed by atoms with Gasteiger partial charge < -0.3 is 5.11 Å². The van der Waals surface area contributed by atoms with Crippen LogP contribution in [0.5, 0.6) is 0 Å². The van der Waals surface area contributed by atoms with Crippen LogP contribution >= 0.6 is 0 Å². The van der Waals surface area contributed by atoms with Gasteiger partial charge in [-0.05, 0) is 19.3 Å². The quantitative estimate of drug-likeness (QED) is 0.730. The zero-order valence-corrected chi connectivity index (χ0v) is 8.68. The Hall–Kier alpha value is -0.370. The van der Waals surface area contributed by atoms with E-state index in [0.29, 0.717) is 6.42 Å². The average molecular weight is 184 g/mol. The van der Waals surface area contributed by atoms with Gasteiger partial charge in [-0.3, -0.25) is 4.79 Å². The molecule has 0 heterocycles. The van der Waals surface area contributed by atoms with Gasteiger partial charge in [0.2, 0.25) is 0 Å². The molecule has 0 bridgehead atoms. The molecule has 0 spiro atoms. The molecular formula is C11H20O2. The van der Waals surface area contributed by atoms with Gasteiger partial charge in [0.05, 0.1) is 0 Å². The molecule has 1 N–H and O–H groups in total. The Morgan fingerprint density at radius 2 is 1.92 bits per heavy atom. The number of carbonyl (C=O) groups excluding carboxylic acids is 1. The molecule has 1 aliphatic carbocycles.